The zero-order valence-electron chi connectivity index (χ0n) is 12.1. The fraction of sp³-hybridized carbons (Fsp3) is 0.500. The molecule has 0 heterocycles. The molecule has 0 bridgehead atoms. The molecule has 1 rings (SSSR count). The van der Waals surface area contributed by atoms with Crippen LogP contribution in [0.2, 0.25) is 5.02 Å². The Hall–Kier alpha value is -0.990. The summed E-state index contributed by atoms with van der Waals surface area (Å²) in [6.07, 6.45) is 1.05. The molecule has 0 radical (unpaired) electrons. The predicted molar refractivity (Wildman–Crippen MR) is 87.3 cm³/mol. The van der Waals surface area contributed by atoms with Gasteiger partial charge in [0.2, 0.25) is 10.0 Å². The molecule has 1 aromatic carbocycles. The largest absolute Gasteiger partial charge is 0.380 e. The first-order valence-corrected chi connectivity index (χ1v) is 10.4. The van der Waals surface area contributed by atoms with E-state index in [1.807, 2.05) is 0 Å². The highest BCUT2D eigenvalue weighted by Gasteiger charge is 2.15. The molecule has 0 saturated heterocycles. The second-order valence-corrected chi connectivity index (χ2v) is 9.37. The van der Waals surface area contributed by atoms with Crippen LogP contribution < -0.4 is 10.0 Å². The lowest BCUT2D eigenvalue weighted by Crippen LogP contribution is -2.26. The van der Waals surface area contributed by atoms with Gasteiger partial charge in [0.1, 0.15) is 0 Å². The van der Waals surface area contributed by atoms with E-state index in [9.17, 15) is 16.8 Å². The fourth-order valence-corrected chi connectivity index (χ4v) is 3.53. The highest BCUT2D eigenvalue weighted by atomic mass is 35.5. The zero-order valence-corrected chi connectivity index (χ0v) is 14.4. The van der Waals surface area contributed by atoms with Crippen LogP contribution in [-0.2, 0) is 19.9 Å². The third-order valence-electron chi connectivity index (χ3n) is 2.62. The van der Waals surface area contributed by atoms with E-state index in [-0.39, 0.29) is 17.5 Å². The average molecular weight is 355 g/mol. The Morgan fingerprint density at radius 3 is 2.38 bits per heavy atom. The highest BCUT2D eigenvalue weighted by Crippen LogP contribution is 2.26. The molecular formula is C12H19ClN2O4S2. The first kappa shape index (κ1) is 18.1. The first-order chi connectivity index (χ1) is 9.52. The van der Waals surface area contributed by atoms with Gasteiger partial charge in [0, 0.05) is 11.8 Å². The second kappa shape index (κ2) is 6.85. The van der Waals surface area contributed by atoms with E-state index < -0.39 is 19.9 Å². The molecule has 6 nitrogen and oxygen atoms in total. The van der Waals surface area contributed by atoms with Crippen molar-refractivity contribution >= 4 is 42.8 Å². The minimum Gasteiger partial charge on any atom is -0.380 e. The van der Waals surface area contributed by atoms with Gasteiger partial charge in [-0.2, -0.15) is 0 Å². The smallest absolute Gasteiger partial charge is 0.229 e. The Kier molecular flexibility index (Phi) is 5.89. The molecule has 0 fully saturated rings. The maximum atomic E-state index is 11.6. The van der Waals surface area contributed by atoms with Crippen molar-refractivity contribution in [2.24, 2.45) is 0 Å². The van der Waals surface area contributed by atoms with E-state index in [0.717, 1.165) is 6.26 Å². The fourth-order valence-electron chi connectivity index (χ4n) is 1.72. The molecule has 0 aliphatic heterocycles. The van der Waals surface area contributed by atoms with Crippen LogP contribution in [0.25, 0.3) is 0 Å². The molecule has 0 aliphatic rings. The summed E-state index contributed by atoms with van der Waals surface area (Å²) in [5, 5.41) is 3.36. The Morgan fingerprint density at radius 2 is 1.86 bits per heavy atom. The average Bonchev–Trinajstić information content (AvgIpc) is 2.31. The van der Waals surface area contributed by atoms with Crippen LogP contribution in [0.5, 0.6) is 0 Å². The van der Waals surface area contributed by atoms with Crippen molar-refractivity contribution in [3.05, 3.63) is 23.2 Å². The molecule has 9 heteroatoms. The Morgan fingerprint density at radius 1 is 1.24 bits per heavy atom. The van der Waals surface area contributed by atoms with Gasteiger partial charge < -0.3 is 5.32 Å². The molecule has 0 spiro atoms. The van der Waals surface area contributed by atoms with Crippen molar-refractivity contribution in [2.45, 2.75) is 19.9 Å². The number of rotatable bonds is 7. The Labute approximate surface area is 130 Å². The lowest BCUT2D eigenvalue weighted by molar-refractivity contribution is 0.593. The standard InChI is InChI=1S/C12H19ClN2O4S2/c1-4-21(18,19)8-9(2)14-12-7-10(5-6-11(12)13)15-20(3,16)17/h5-7,9,14-15H,4,8H2,1-3H3. The molecule has 1 unspecified atom stereocenters. The van der Waals surface area contributed by atoms with E-state index in [4.69, 9.17) is 11.6 Å². The van der Waals surface area contributed by atoms with Crippen molar-refractivity contribution in [1.82, 2.24) is 0 Å². The van der Waals surface area contributed by atoms with Gasteiger partial charge in [-0.1, -0.05) is 18.5 Å². The molecule has 21 heavy (non-hydrogen) atoms. The zero-order chi connectivity index (χ0) is 16.3. The topological polar surface area (TPSA) is 92.3 Å². The molecule has 1 atom stereocenters. The summed E-state index contributed by atoms with van der Waals surface area (Å²) < 4.78 is 47.9. The number of nitrogens with one attached hydrogen (secondary N) is 2. The number of benzene rings is 1. The van der Waals surface area contributed by atoms with Gasteiger partial charge in [0.05, 0.1) is 28.4 Å². The summed E-state index contributed by atoms with van der Waals surface area (Å²) in [5.41, 5.74) is 0.832. The predicted octanol–water partition coefficient (Wildman–Crippen LogP) is 1.95. The Bertz CT molecular complexity index is 702. The van der Waals surface area contributed by atoms with Crippen molar-refractivity contribution in [1.29, 1.82) is 0 Å². The summed E-state index contributed by atoms with van der Waals surface area (Å²) in [7, 11) is -6.49. The van der Waals surface area contributed by atoms with Crippen LogP contribution in [-0.4, -0.2) is 40.6 Å². The van der Waals surface area contributed by atoms with Crippen molar-refractivity contribution < 1.29 is 16.8 Å². The molecule has 120 valence electrons. The summed E-state index contributed by atoms with van der Waals surface area (Å²) in [4.78, 5) is 0. The van der Waals surface area contributed by atoms with Gasteiger partial charge in [0.25, 0.3) is 0 Å². The maximum Gasteiger partial charge on any atom is 0.229 e. The molecule has 0 amide bonds. The van der Waals surface area contributed by atoms with Gasteiger partial charge in [-0.15, -0.1) is 0 Å². The minimum absolute atomic E-state index is 0.0242. The van der Waals surface area contributed by atoms with Crippen LogP contribution in [0.4, 0.5) is 11.4 Å². The van der Waals surface area contributed by atoms with E-state index in [2.05, 4.69) is 10.0 Å². The van der Waals surface area contributed by atoms with Crippen LogP contribution in [0.1, 0.15) is 13.8 Å². The second-order valence-electron chi connectivity index (χ2n) is 4.81. The number of sulfonamides is 1. The number of sulfone groups is 1. The van der Waals surface area contributed by atoms with E-state index >= 15 is 0 Å². The van der Waals surface area contributed by atoms with Gasteiger partial charge in [-0.05, 0) is 25.1 Å². The minimum atomic E-state index is -3.38. The van der Waals surface area contributed by atoms with Crippen LogP contribution in [0.3, 0.4) is 0 Å². The lowest BCUT2D eigenvalue weighted by Gasteiger charge is -2.17. The van der Waals surface area contributed by atoms with Gasteiger partial charge >= 0.3 is 0 Å². The SMILES string of the molecule is CCS(=O)(=O)CC(C)Nc1cc(NS(C)(=O)=O)ccc1Cl. The maximum absolute atomic E-state index is 11.6. The normalized spacial score (nSPS) is 13.7. The first-order valence-electron chi connectivity index (χ1n) is 6.26. The highest BCUT2D eigenvalue weighted by molar-refractivity contribution is 7.92. The summed E-state index contributed by atoms with van der Waals surface area (Å²) in [6, 6.07) is 4.25. The number of hydrogen-bond donors (Lipinski definition) is 2. The third kappa shape index (κ3) is 6.54. The van der Waals surface area contributed by atoms with E-state index in [0.29, 0.717) is 16.4 Å². The summed E-state index contributed by atoms with van der Waals surface area (Å²) in [6.45, 7) is 3.31. The van der Waals surface area contributed by atoms with Gasteiger partial charge in [-0.25, -0.2) is 16.8 Å². The van der Waals surface area contributed by atoms with Gasteiger partial charge in [-0.3, -0.25) is 4.72 Å². The number of hydrogen-bond acceptors (Lipinski definition) is 5. The number of anilines is 2. The quantitative estimate of drug-likeness (QED) is 0.780. The number of halogens is 1. The molecule has 0 saturated carbocycles. The summed E-state index contributed by atoms with van der Waals surface area (Å²) >= 11 is 6.03. The van der Waals surface area contributed by atoms with Crippen LogP contribution in [0, 0.1) is 0 Å². The van der Waals surface area contributed by atoms with E-state index in [1.54, 1.807) is 19.9 Å². The molecule has 2 N–H and O–H groups in total. The summed E-state index contributed by atoms with van der Waals surface area (Å²) in [5.74, 6) is 0.0476. The molecule has 0 aliphatic carbocycles. The van der Waals surface area contributed by atoms with Crippen molar-refractivity contribution in [3.63, 3.8) is 0 Å². The van der Waals surface area contributed by atoms with Crippen molar-refractivity contribution in [2.75, 3.05) is 27.8 Å². The van der Waals surface area contributed by atoms with E-state index in [1.165, 1.54) is 12.1 Å². The van der Waals surface area contributed by atoms with Gasteiger partial charge in [0.15, 0.2) is 9.84 Å². The molecular weight excluding hydrogens is 336 g/mol. The van der Waals surface area contributed by atoms with Crippen LogP contribution in [0.15, 0.2) is 18.2 Å². The Balaban J connectivity index is 2.90. The van der Waals surface area contributed by atoms with Crippen LogP contribution >= 0.6 is 11.6 Å². The third-order valence-corrected chi connectivity index (χ3v) is 5.44. The molecule has 0 aromatic heterocycles. The molecule has 1 aromatic rings. The lowest BCUT2D eigenvalue weighted by atomic mass is 10.2. The van der Waals surface area contributed by atoms with Crippen molar-refractivity contribution in [3.8, 4) is 0 Å². The monoisotopic (exact) mass is 354 g/mol.